The van der Waals surface area contributed by atoms with Crippen molar-refractivity contribution in [3.8, 4) is 0 Å². The van der Waals surface area contributed by atoms with Gasteiger partial charge in [0.05, 0.1) is 12.9 Å². The summed E-state index contributed by atoms with van der Waals surface area (Å²) in [6.45, 7) is 4.29. The molecule has 1 aliphatic rings. The highest BCUT2D eigenvalue weighted by molar-refractivity contribution is 7.89. The number of nitrogens with one attached hydrogen (secondary N) is 3. The molecule has 0 radical (unpaired) electrons. The number of hydrogen-bond donors (Lipinski definition) is 3. The van der Waals surface area contributed by atoms with E-state index in [2.05, 4.69) is 27.3 Å². The molecular weight excluding hydrogens is 342 g/mol. The van der Waals surface area contributed by atoms with Crippen molar-refractivity contribution in [1.82, 2.24) is 24.9 Å². The zero-order chi connectivity index (χ0) is 16.2. The van der Waals surface area contributed by atoms with Crippen LogP contribution in [0.4, 0.5) is 0 Å². The Morgan fingerprint density at radius 2 is 2.09 bits per heavy atom. The minimum absolute atomic E-state index is 0. The molecule has 0 spiro atoms. The number of rotatable bonds is 6. The van der Waals surface area contributed by atoms with Crippen LogP contribution in [0.25, 0.3) is 0 Å². The van der Waals surface area contributed by atoms with Gasteiger partial charge in [-0.3, -0.25) is 4.79 Å². The lowest BCUT2D eigenvalue weighted by atomic mass is 9.81. The predicted octanol–water partition coefficient (Wildman–Crippen LogP) is -0.374. The fraction of sp³-hybridized carbons (Fsp3) is 0.692. The molecule has 0 atom stereocenters. The van der Waals surface area contributed by atoms with Gasteiger partial charge in [0.15, 0.2) is 5.03 Å². The maximum absolute atomic E-state index is 11.9. The normalized spacial score (nSPS) is 17.3. The highest BCUT2D eigenvalue weighted by Crippen LogP contribution is 2.26. The molecule has 132 valence electrons. The summed E-state index contributed by atoms with van der Waals surface area (Å²) in [5.41, 5.74) is 0.0702. The molecule has 23 heavy (non-hydrogen) atoms. The van der Waals surface area contributed by atoms with Crippen molar-refractivity contribution in [2.75, 3.05) is 26.2 Å². The fourth-order valence-electron chi connectivity index (χ4n) is 2.34. The summed E-state index contributed by atoms with van der Waals surface area (Å²) < 4.78 is 27.7. The summed E-state index contributed by atoms with van der Waals surface area (Å²) >= 11 is 0. The minimum atomic E-state index is -3.75. The van der Waals surface area contributed by atoms with Gasteiger partial charge >= 0.3 is 0 Å². The largest absolute Gasteiger partial charge is 0.354 e. The number of nitrogens with zero attached hydrogens (tertiary/aromatic N) is 2. The third kappa shape index (κ3) is 5.76. The molecule has 3 N–H and O–H groups in total. The molecule has 2 heterocycles. The van der Waals surface area contributed by atoms with Crippen LogP contribution in [0.15, 0.2) is 17.6 Å². The van der Waals surface area contributed by atoms with Crippen LogP contribution in [-0.2, 0) is 21.9 Å². The zero-order valence-corrected chi connectivity index (χ0v) is 15.0. The molecule has 1 aromatic rings. The van der Waals surface area contributed by atoms with Crippen molar-refractivity contribution in [1.29, 1.82) is 0 Å². The zero-order valence-electron chi connectivity index (χ0n) is 13.3. The standard InChI is InChI=1S/C13H23N5O3S.ClH/c1-13(3-5-14-6-4-13)9-15-11(19)7-17-22(20,21)12-8-18(2)10-16-12;/h8,10,14,17H,3-7,9H2,1-2H3,(H,15,19);1H. The topological polar surface area (TPSA) is 105 Å². The Balaban J connectivity index is 0.00000264. The molecule has 2 rings (SSSR count). The maximum Gasteiger partial charge on any atom is 0.260 e. The number of imidazole rings is 1. The first kappa shape index (κ1) is 19.9. The van der Waals surface area contributed by atoms with E-state index in [1.165, 1.54) is 17.1 Å². The fourth-order valence-corrected chi connectivity index (χ4v) is 3.30. The van der Waals surface area contributed by atoms with Gasteiger partial charge in [-0.25, -0.2) is 18.1 Å². The summed E-state index contributed by atoms with van der Waals surface area (Å²) in [4.78, 5) is 15.6. The van der Waals surface area contributed by atoms with Gasteiger partial charge < -0.3 is 15.2 Å². The maximum atomic E-state index is 11.9. The van der Waals surface area contributed by atoms with Gasteiger partial charge in [0, 0.05) is 19.8 Å². The number of carbonyl (C=O) groups excluding carboxylic acids is 1. The average Bonchev–Trinajstić information content (AvgIpc) is 2.91. The van der Waals surface area contributed by atoms with Gasteiger partial charge in [0.1, 0.15) is 0 Å². The SMILES string of the molecule is Cl.Cn1cnc(S(=O)(=O)NCC(=O)NCC2(C)CCNCC2)c1. The van der Waals surface area contributed by atoms with Gasteiger partial charge in [0.2, 0.25) is 5.91 Å². The first-order valence-corrected chi connectivity index (χ1v) is 8.74. The van der Waals surface area contributed by atoms with Crippen LogP contribution in [0.3, 0.4) is 0 Å². The molecule has 10 heteroatoms. The molecule has 0 saturated carbocycles. The lowest BCUT2D eigenvalue weighted by molar-refractivity contribution is -0.120. The number of carbonyl (C=O) groups is 1. The summed E-state index contributed by atoms with van der Waals surface area (Å²) in [5, 5.41) is 5.99. The van der Waals surface area contributed by atoms with Crippen molar-refractivity contribution in [3.05, 3.63) is 12.5 Å². The Morgan fingerprint density at radius 1 is 1.43 bits per heavy atom. The van der Waals surface area contributed by atoms with E-state index in [1.54, 1.807) is 7.05 Å². The first-order valence-electron chi connectivity index (χ1n) is 7.26. The third-order valence-corrected chi connectivity index (χ3v) is 5.19. The molecule has 1 fully saturated rings. The summed E-state index contributed by atoms with van der Waals surface area (Å²) in [7, 11) is -2.07. The van der Waals surface area contributed by atoms with E-state index in [0.717, 1.165) is 25.9 Å². The Kier molecular flexibility index (Phi) is 7.00. The van der Waals surface area contributed by atoms with Crippen molar-refractivity contribution >= 4 is 28.3 Å². The van der Waals surface area contributed by atoms with Crippen LogP contribution in [0.5, 0.6) is 0 Å². The van der Waals surface area contributed by atoms with Crippen LogP contribution < -0.4 is 15.4 Å². The summed E-state index contributed by atoms with van der Waals surface area (Å²) in [6, 6.07) is 0. The van der Waals surface area contributed by atoms with Gasteiger partial charge in [-0.15, -0.1) is 12.4 Å². The third-order valence-electron chi connectivity index (χ3n) is 3.90. The second kappa shape index (κ2) is 8.09. The smallest absolute Gasteiger partial charge is 0.260 e. The number of amides is 1. The Morgan fingerprint density at radius 3 is 2.65 bits per heavy atom. The predicted molar refractivity (Wildman–Crippen MR) is 88.9 cm³/mol. The van der Waals surface area contributed by atoms with Gasteiger partial charge in [-0.1, -0.05) is 6.92 Å². The van der Waals surface area contributed by atoms with Crippen molar-refractivity contribution in [3.63, 3.8) is 0 Å². The monoisotopic (exact) mass is 365 g/mol. The highest BCUT2D eigenvalue weighted by atomic mass is 35.5. The van der Waals surface area contributed by atoms with Crippen LogP contribution in [0.2, 0.25) is 0 Å². The Labute approximate surface area is 142 Å². The first-order chi connectivity index (χ1) is 10.3. The molecule has 0 aliphatic carbocycles. The van der Waals surface area contributed by atoms with E-state index >= 15 is 0 Å². The van der Waals surface area contributed by atoms with E-state index in [4.69, 9.17) is 0 Å². The molecule has 8 nitrogen and oxygen atoms in total. The number of aryl methyl sites for hydroxylation is 1. The average molecular weight is 366 g/mol. The van der Waals surface area contributed by atoms with Crippen LogP contribution >= 0.6 is 12.4 Å². The van der Waals surface area contributed by atoms with E-state index in [-0.39, 0.29) is 35.3 Å². The second-order valence-corrected chi connectivity index (χ2v) is 7.75. The highest BCUT2D eigenvalue weighted by Gasteiger charge is 2.27. The number of sulfonamides is 1. The lowest BCUT2D eigenvalue weighted by Crippen LogP contribution is -2.45. The lowest BCUT2D eigenvalue weighted by Gasteiger charge is -2.34. The van der Waals surface area contributed by atoms with E-state index in [1.807, 2.05) is 0 Å². The molecule has 0 unspecified atom stereocenters. The number of piperidine rings is 1. The molecule has 0 bridgehead atoms. The van der Waals surface area contributed by atoms with Crippen LogP contribution in [0, 0.1) is 5.41 Å². The van der Waals surface area contributed by atoms with Crippen molar-refractivity contribution in [2.24, 2.45) is 12.5 Å². The molecule has 1 amide bonds. The number of halogens is 1. The quantitative estimate of drug-likeness (QED) is 0.637. The number of aromatic nitrogens is 2. The van der Waals surface area contributed by atoms with Crippen molar-refractivity contribution < 1.29 is 13.2 Å². The molecule has 0 aromatic carbocycles. The van der Waals surface area contributed by atoms with Gasteiger partial charge in [-0.05, 0) is 31.3 Å². The van der Waals surface area contributed by atoms with Gasteiger partial charge in [-0.2, -0.15) is 0 Å². The van der Waals surface area contributed by atoms with Crippen LogP contribution in [0.1, 0.15) is 19.8 Å². The Bertz CT molecular complexity index is 625. The summed E-state index contributed by atoms with van der Waals surface area (Å²) in [6.07, 6.45) is 4.77. The second-order valence-electron chi connectivity index (χ2n) is 6.04. The number of hydrogen-bond acceptors (Lipinski definition) is 5. The molecular formula is C13H24ClN5O3S. The van der Waals surface area contributed by atoms with E-state index in [9.17, 15) is 13.2 Å². The van der Waals surface area contributed by atoms with E-state index < -0.39 is 10.0 Å². The Hall–Kier alpha value is -1.16. The molecule has 1 saturated heterocycles. The minimum Gasteiger partial charge on any atom is -0.354 e. The van der Waals surface area contributed by atoms with Crippen LogP contribution in [-0.4, -0.2) is 50.1 Å². The summed E-state index contributed by atoms with van der Waals surface area (Å²) in [5.74, 6) is -0.334. The van der Waals surface area contributed by atoms with Crippen molar-refractivity contribution in [2.45, 2.75) is 24.8 Å². The molecule has 1 aliphatic heterocycles. The van der Waals surface area contributed by atoms with Gasteiger partial charge in [0.25, 0.3) is 10.0 Å². The van der Waals surface area contributed by atoms with E-state index in [0.29, 0.717) is 6.54 Å². The molecule has 1 aromatic heterocycles.